The van der Waals surface area contributed by atoms with E-state index in [-0.39, 0.29) is 12.6 Å². The van der Waals surface area contributed by atoms with Gasteiger partial charge < -0.3 is 14.8 Å². The smallest absolute Gasteiger partial charge is 0.231 e. The van der Waals surface area contributed by atoms with Crippen LogP contribution >= 0.6 is 0 Å². The van der Waals surface area contributed by atoms with Gasteiger partial charge in [0.2, 0.25) is 6.79 Å². The predicted octanol–water partition coefficient (Wildman–Crippen LogP) is 4.38. The van der Waals surface area contributed by atoms with Crippen LogP contribution in [0.4, 0.5) is 5.69 Å². The molecule has 0 fully saturated rings. The van der Waals surface area contributed by atoms with Gasteiger partial charge in [0, 0.05) is 29.6 Å². The zero-order valence-electron chi connectivity index (χ0n) is 12.9. The van der Waals surface area contributed by atoms with Gasteiger partial charge in [0.05, 0.1) is 0 Å². The molecule has 0 saturated carbocycles. The molecule has 3 aromatic rings. The largest absolute Gasteiger partial charge is 0.454 e. The van der Waals surface area contributed by atoms with Crippen LogP contribution in [0.1, 0.15) is 10.4 Å². The lowest BCUT2D eigenvalue weighted by Gasteiger charge is -2.03. The molecule has 0 atom stereocenters. The van der Waals surface area contributed by atoms with E-state index in [2.05, 4.69) is 5.32 Å². The SMILES string of the molecule is O=C(/C=C/Nc1ccc2c(c1)OCO2)c1ccc2ccccc2c1. The second-order valence-electron chi connectivity index (χ2n) is 5.47. The summed E-state index contributed by atoms with van der Waals surface area (Å²) in [5.41, 5.74) is 1.50. The molecule has 1 heterocycles. The highest BCUT2D eigenvalue weighted by Gasteiger charge is 2.12. The van der Waals surface area contributed by atoms with Gasteiger partial charge in [-0.1, -0.05) is 36.4 Å². The number of anilines is 1. The van der Waals surface area contributed by atoms with Gasteiger partial charge in [-0.25, -0.2) is 0 Å². The van der Waals surface area contributed by atoms with Crippen LogP contribution in [0.25, 0.3) is 10.8 Å². The lowest BCUT2D eigenvalue weighted by molar-refractivity contribution is 0.104. The minimum Gasteiger partial charge on any atom is -0.454 e. The van der Waals surface area contributed by atoms with E-state index in [9.17, 15) is 4.79 Å². The molecule has 0 unspecified atom stereocenters. The molecule has 0 saturated heterocycles. The van der Waals surface area contributed by atoms with E-state index >= 15 is 0 Å². The highest BCUT2D eigenvalue weighted by Crippen LogP contribution is 2.34. The van der Waals surface area contributed by atoms with Crippen molar-refractivity contribution in [2.75, 3.05) is 12.1 Å². The third-order valence-corrected chi connectivity index (χ3v) is 3.89. The maximum Gasteiger partial charge on any atom is 0.231 e. The minimum absolute atomic E-state index is 0.0472. The number of rotatable bonds is 4. The third-order valence-electron chi connectivity index (χ3n) is 3.89. The molecule has 1 aliphatic rings. The Hall–Kier alpha value is -3.27. The fourth-order valence-corrected chi connectivity index (χ4v) is 2.64. The van der Waals surface area contributed by atoms with E-state index in [4.69, 9.17) is 9.47 Å². The van der Waals surface area contributed by atoms with Gasteiger partial charge in [-0.2, -0.15) is 0 Å². The Morgan fingerprint density at radius 1 is 0.917 bits per heavy atom. The van der Waals surface area contributed by atoms with Gasteiger partial charge in [0.15, 0.2) is 17.3 Å². The van der Waals surface area contributed by atoms with Crippen LogP contribution in [0.3, 0.4) is 0 Å². The Labute approximate surface area is 139 Å². The topological polar surface area (TPSA) is 47.6 Å². The highest BCUT2D eigenvalue weighted by molar-refractivity contribution is 6.06. The molecule has 0 amide bonds. The number of carbonyl (C=O) groups is 1. The van der Waals surface area contributed by atoms with Gasteiger partial charge in [0.1, 0.15) is 0 Å². The summed E-state index contributed by atoms with van der Waals surface area (Å²) in [6.07, 6.45) is 3.16. The minimum atomic E-state index is -0.0472. The molecule has 118 valence electrons. The fraction of sp³-hybridized carbons (Fsp3) is 0.0500. The summed E-state index contributed by atoms with van der Waals surface area (Å²) in [4.78, 5) is 12.3. The van der Waals surface area contributed by atoms with Crippen LogP contribution in [0.15, 0.2) is 72.9 Å². The number of nitrogens with one attached hydrogen (secondary N) is 1. The molecule has 0 spiro atoms. The number of hydrogen-bond acceptors (Lipinski definition) is 4. The standard InChI is InChI=1S/C20H15NO3/c22-18(16-6-5-14-3-1-2-4-15(14)11-16)9-10-21-17-7-8-19-20(12-17)24-13-23-19/h1-12,21H,13H2/b10-9+. The van der Waals surface area contributed by atoms with Gasteiger partial charge >= 0.3 is 0 Å². The first kappa shape index (κ1) is 14.3. The molecule has 0 aliphatic carbocycles. The summed E-state index contributed by atoms with van der Waals surface area (Å²) < 4.78 is 10.6. The van der Waals surface area contributed by atoms with Crippen molar-refractivity contribution < 1.29 is 14.3 Å². The number of fused-ring (bicyclic) bond motifs is 2. The van der Waals surface area contributed by atoms with Crippen LogP contribution in [0.5, 0.6) is 11.5 Å². The van der Waals surface area contributed by atoms with Crippen molar-refractivity contribution in [1.82, 2.24) is 0 Å². The number of hydrogen-bond donors (Lipinski definition) is 1. The summed E-state index contributed by atoms with van der Waals surface area (Å²) in [5, 5.41) is 5.25. The van der Waals surface area contributed by atoms with E-state index in [0.29, 0.717) is 11.3 Å². The van der Waals surface area contributed by atoms with Crippen LogP contribution in [-0.4, -0.2) is 12.6 Å². The zero-order valence-corrected chi connectivity index (χ0v) is 12.9. The lowest BCUT2D eigenvalue weighted by atomic mass is 10.0. The Balaban J connectivity index is 1.47. The average molecular weight is 317 g/mol. The number of ether oxygens (including phenoxy) is 2. The molecule has 24 heavy (non-hydrogen) atoms. The first-order valence-corrected chi connectivity index (χ1v) is 7.65. The van der Waals surface area contributed by atoms with Crippen LogP contribution in [0, 0.1) is 0 Å². The number of ketones is 1. The van der Waals surface area contributed by atoms with Gasteiger partial charge in [0.25, 0.3) is 0 Å². The van der Waals surface area contributed by atoms with Crippen molar-refractivity contribution in [3.8, 4) is 11.5 Å². The normalized spacial score (nSPS) is 12.7. The molecule has 0 aromatic heterocycles. The maximum atomic E-state index is 12.3. The first-order valence-electron chi connectivity index (χ1n) is 7.65. The number of carbonyl (C=O) groups excluding carboxylic acids is 1. The Kier molecular flexibility index (Phi) is 3.63. The Morgan fingerprint density at radius 2 is 1.75 bits per heavy atom. The van der Waals surface area contributed by atoms with Crippen LogP contribution < -0.4 is 14.8 Å². The summed E-state index contributed by atoms with van der Waals surface area (Å²) in [6, 6.07) is 19.2. The molecule has 3 aromatic carbocycles. The molecule has 1 N–H and O–H groups in total. The molecule has 4 rings (SSSR count). The van der Waals surface area contributed by atoms with E-state index in [1.165, 1.54) is 6.08 Å². The molecule has 0 radical (unpaired) electrons. The summed E-state index contributed by atoms with van der Waals surface area (Å²) in [6.45, 7) is 0.245. The number of allylic oxidation sites excluding steroid dienone is 1. The van der Waals surface area contributed by atoms with E-state index in [1.807, 2.05) is 60.7 Å². The van der Waals surface area contributed by atoms with Crippen molar-refractivity contribution in [2.24, 2.45) is 0 Å². The molecule has 1 aliphatic heterocycles. The predicted molar refractivity (Wildman–Crippen MR) is 93.6 cm³/mol. The summed E-state index contributed by atoms with van der Waals surface area (Å²) in [5.74, 6) is 1.39. The fourth-order valence-electron chi connectivity index (χ4n) is 2.64. The molecular formula is C20H15NO3. The number of benzene rings is 3. The molecule has 4 nitrogen and oxygen atoms in total. The molecular weight excluding hydrogens is 302 g/mol. The molecule has 0 bridgehead atoms. The van der Waals surface area contributed by atoms with Crippen LogP contribution in [-0.2, 0) is 0 Å². The average Bonchev–Trinajstić information content (AvgIpc) is 3.09. The summed E-state index contributed by atoms with van der Waals surface area (Å²) >= 11 is 0. The van der Waals surface area contributed by atoms with Crippen molar-refractivity contribution in [3.05, 3.63) is 78.5 Å². The Bertz CT molecular complexity index is 947. The third kappa shape index (κ3) is 2.82. The second kappa shape index (κ2) is 6.08. The van der Waals surface area contributed by atoms with Crippen molar-refractivity contribution in [1.29, 1.82) is 0 Å². The molecule has 4 heteroatoms. The van der Waals surface area contributed by atoms with Crippen LogP contribution in [0.2, 0.25) is 0 Å². The van der Waals surface area contributed by atoms with E-state index in [0.717, 1.165) is 22.2 Å². The summed E-state index contributed by atoms with van der Waals surface area (Å²) in [7, 11) is 0. The van der Waals surface area contributed by atoms with E-state index in [1.54, 1.807) is 6.20 Å². The first-order chi connectivity index (χ1) is 11.8. The van der Waals surface area contributed by atoms with Crippen molar-refractivity contribution >= 4 is 22.2 Å². The van der Waals surface area contributed by atoms with Gasteiger partial charge in [-0.15, -0.1) is 0 Å². The lowest BCUT2D eigenvalue weighted by Crippen LogP contribution is -1.96. The quantitative estimate of drug-likeness (QED) is 0.573. The van der Waals surface area contributed by atoms with Gasteiger partial charge in [-0.3, -0.25) is 4.79 Å². The monoisotopic (exact) mass is 317 g/mol. The second-order valence-corrected chi connectivity index (χ2v) is 5.47. The highest BCUT2D eigenvalue weighted by atomic mass is 16.7. The van der Waals surface area contributed by atoms with Crippen molar-refractivity contribution in [3.63, 3.8) is 0 Å². The van der Waals surface area contributed by atoms with Crippen molar-refractivity contribution in [2.45, 2.75) is 0 Å². The maximum absolute atomic E-state index is 12.3. The Morgan fingerprint density at radius 3 is 2.67 bits per heavy atom. The zero-order chi connectivity index (χ0) is 16.4. The van der Waals surface area contributed by atoms with Gasteiger partial charge in [-0.05, 0) is 29.0 Å². The van der Waals surface area contributed by atoms with E-state index < -0.39 is 0 Å².